The molecule has 0 aliphatic rings. The quantitative estimate of drug-likeness (QED) is 0.411. The molecule has 0 saturated carbocycles. The van der Waals surface area contributed by atoms with Gasteiger partial charge in [0.1, 0.15) is 5.82 Å². The molecule has 9 heteroatoms. The van der Waals surface area contributed by atoms with Crippen LogP contribution in [0.5, 0.6) is 0 Å². The summed E-state index contributed by atoms with van der Waals surface area (Å²) in [5.74, 6) is -2.41. The molecule has 0 saturated heterocycles. The van der Waals surface area contributed by atoms with Crippen molar-refractivity contribution in [3.63, 3.8) is 0 Å². The number of nitrogens with one attached hydrogen (secondary N) is 2. The molecule has 3 aromatic rings. The predicted octanol–water partition coefficient (Wildman–Crippen LogP) is 6.42. The normalized spacial score (nSPS) is 11.2. The molecule has 31 heavy (non-hydrogen) atoms. The zero-order valence-electron chi connectivity index (χ0n) is 16.0. The Labute approximate surface area is 183 Å². The largest absolute Gasteiger partial charge is 0.418 e. The molecule has 0 radical (unpaired) electrons. The number of hydrogen-bond donors (Lipinski definition) is 2. The maximum Gasteiger partial charge on any atom is 0.418 e. The lowest BCUT2D eigenvalue weighted by molar-refractivity contribution is -0.136. The van der Waals surface area contributed by atoms with Crippen LogP contribution in [0.15, 0.2) is 65.1 Å². The van der Waals surface area contributed by atoms with E-state index in [-0.39, 0.29) is 16.8 Å². The molecule has 2 amide bonds. The molecule has 0 aromatic heterocycles. The first-order valence-corrected chi connectivity index (χ1v) is 9.70. The van der Waals surface area contributed by atoms with E-state index in [0.717, 1.165) is 16.6 Å². The first-order chi connectivity index (χ1) is 14.6. The smallest absolute Gasteiger partial charge is 0.322 e. The molecule has 2 N–H and O–H groups in total. The van der Waals surface area contributed by atoms with E-state index in [0.29, 0.717) is 11.6 Å². The van der Waals surface area contributed by atoms with E-state index in [1.54, 1.807) is 19.1 Å². The van der Waals surface area contributed by atoms with Crippen LogP contribution in [0.3, 0.4) is 0 Å². The van der Waals surface area contributed by atoms with Crippen LogP contribution < -0.4 is 10.6 Å². The van der Waals surface area contributed by atoms with Gasteiger partial charge in [0.15, 0.2) is 0 Å². The summed E-state index contributed by atoms with van der Waals surface area (Å²) in [7, 11) is 0. The van der Waals surface area contributed by atoms with Gasteiger partial charge in [-0.25, -0.2) is 4.39 Å². The van der Waals surface area contributed by atoms with Gasteiger partial charge in [0.25, 0.3) is 11.8 Å². The Morgan fingerprint density at radius 1 is 0.871 bits per heavy atom. The van der Waals surface area contributed by atoms with E-state index in [4.69, 9.17) is 0 Å². The monoisotopic (exact) mass is 494 g/mol. The number of hydrogen-bond acceptors (Lipinski definition) is 2. The minimum Gasteiger partial charge on any atom is -0.322 e. The van der Waals surface area contributed by atoms with E-state index < -0.39 is 35.1 Å². The number of carbonyl (C=O) groups excluding carboxylic acids is 2. The Bertz CT molecular complexity index is 1160. The third kappa shape index (κ3) is 5.29. The highest BCUT2D eigenvalue weighted by atomic mass is 79.9. The number of rotatable bonds is 4. The molecule has 0 atom stereocenters. The Kier molecular flexibility index (Phi) is 6.45. The van der Waals surface area contributed by atoms with Crippen LogP contribution in [-0.4, -0.2) is 11.8 Å². The molecule has 3 aromatic carbocycles. The van der Waals surface area contributed by atoms with Crippen LogP contribution in [0.2, 0.25) is 0 Å². The van der Waals surface area contributed by atoms with Crippen molar-refractivity contribution in [1.82, 2.24) is 0 Å². The van der Waals surface area contributed by atoms with Gasteiger partial charge >= 0.3 is 6.18 Å². The second-order valence-electron chi connectivity index (χ2n) is 6.61. The summed E-state index contributed by atoms with van der Waals surface area (Å²) in [6, 6.07) is 12.8. The number of alkyl halides is 3. The molecule has 0 bridgehead atoms. The van der Waals surface area contributed by atoms with Crippen molar-refractivity contribution in [3.05, 3.63) is 93.2 Å². The van der Waals surface area contributed by atoms with E-state index >= 15 is 0 Å². The summed E-state index contributed by atoms with van der Waals surface area (Å²) in [6.45, 7) is 1.66. The molecule has 0 spiro atoms. The van der Waals surface area contributed by atoms with Crippen molar-refractivity contribution in [2.45, 2.75) is 13.1 Å². The average molecular weight is 495 g/mol. The number of benzene rings is 3. The van der Waals surface area contributed by atoms with Crippen LogP contribution in [0.4, 0.5) is 28.9 Å². The Hall–Kier alpha value is -3.20. The minimum absolute atomic E-state index is 0.196. The van der Waals surface area contributed by atoms with Gasteiger partial charge in [-0.3, -0.25) is 9.59 Å². The molecular formula is C22H15BrF4N2O2. The standard InChI is InChI=1S/C22H15BrF4N2O2/c1-12-10-13(23)6-8-15(12)20(30)29-19-9-7-14(11-17(19)22(25,26)27)28-21(31)16-4-2-3-5-18(16)24/h2-11H,1H3,(H,28,31)(H,29,30). The van der Waals surface area contributed by atoms with E-state index in [1.807, 2.05) is 0 Å². The van der Waals surface area contributed by atoms with E-state index in [2.05, 4.69) is 26.6 Å². The van der Waals surface area contributed by atoms with Gasteiger partial charge in [-0.1, -0.05) is 28.1 Å². The van der Waals surface area contributed by atoms with Crippen molar-refractivity contribution >= 4 is 39.1 Å². The zero-order valence-corrected chi connectivity index (χ0v) is 17.6. The van der Waals surface area contributed by atoms with Crippen molar-refractivity contribution in [1.29, 1.82) is 0 Å². The lowest BCUT2D eigenvalue weighted by Gasteiger charge is -2.16. The first kappa shape index (κ1) is 22.5. The fraction of sp³-hybridized carbons (Fsp3) is 0.0909. The van der Waals surface area contributed by atoms with Gasteiger partial charge in [-0.15, -0.1) is 0 Å². The number of carbonyl (C=O) groups is 2. The van der Waals surface area contributed by atoms with Crippen LogP contribution in [0.25, 0.3) is 0 Å². The van der Waals surface area contributed by atoms with Gasteiger partial charge in [-0.05, 0) is 61.0 Å². The van der Waals surface area contributed by atoms with Crippen molar-refractivity contribution < 1.29 is 27.2 Å². The van der Waals surface area contributed by atoms with E-state index in [9.17, 15) is 27.2 Å². The molecule has 0 unspecified atom stereocenters. The fourth-order valence-electron chi connectivity index (χ4n) is 2.88. The van der Waals surface area contributed by atoms with Crippen LogP contribution in [0, 0.1) is 12.7 Å². The minimum atomic E-state index is -4.81. The topological polar surface area (TPSA) is 58.2 Å². The second-order valence-corrected chi connectivity index (χ2v) is 7.52. The lowest BCUT2D eigenvalue weighted by atomic mass is 10.1. The summed E-state index contributed by atoms with van der Waals surface area (Å²) < 4.78 is 55.3. The summed E-state index contributed by atoms with van der Waals surface area (Å²) in [4.78, 5) is 24.7. The van der Waals surface area contributed by atoms with E-state index in [1.165, 1.54) is 30.3 Å². The zero-order chi connectivity index (χ0) is 22.8. The highest BCUT2D eigenvalue weighted by Crippen LogP contribution is 2.37. The summed E-state index contributed by atoms with van der Waals surface area (Å²) >= 11 is 3.26. The fourth-order valence-corrected chi connectivity index (χ4v) is 3.36. The third-order valence-corrected chi connectivity index (χ3v) is 4.88. The molecular weight excluding hydrogens is 480 g/mol. The van der Waals surface area contributed by atoms with Crippen LogP contribution >= 0.6 is 15.9 Å². The predicted molar refractivity (Wildman–Crippen MR) is 113 cm³/mol. The molecule has 0 aliphatic carbocycles. The lowest BCUT2D eigenvalue weighted by Crippen LogP contribution is -2.19. The Balaban J connectivity index is 1.89. The molecule has 4 nitrogen and oxygen atoms in total. The molecule has 0 aliphatic heterocycles. The molecule has 3 rings (SSSR count). The summed E-state index contributed by atoms with van der Waals surface area (Å²) in [6.07, 6.45) is -4.81. The maximum atomic E-state index is 13.7. The van der Waals surface area contributed by atoms with Gasteiger partial charge in [0, 0.05) is 15.7 Å². The number of amides is 2. The maximum absolute atomic E-state index is 13.7. The van der Waals surface area contributed by atoms with Gasteiger partial charge in [-0.2, -0.15) is 13.2 Å². The van der Waals surface area contributed by atoms with Crippen LogP contribution in [-0.2, 0) is 6.18 Å². The van der Waals surface area contributed by atoms with Crippen molar-refractivity contribution in [3.8, 4) is 0 Å². The highest BCUT2D eigenvalue weighted by Gasteiger charge is 2.34. The van der Waals surface area contributed by atoms with Crippen molar-refractivity contribution in [2.75, 3.05) is 10.6 Å². The number of halogens is 5. The van der Waals surface area contributed by atoms with Gasteiger partial charge in [0.05, 0.1) is 16.8 Å². The molecule has 160 valence electrons. The first-order valence-electron chi connectivity index (χ1n) is 8.91. The highest BCUT2D eigenvalue weighted by molar-refractivity contribution is 9.10. The summed E-state index contributed by atoms with van der Waals surface area (Å²) in [5, 5.41) is 4.51. The van der Waals surface area contributed by atoms with Crippen molar-refractivity contribution in [2.24, 2.45) is 0 Å². The second kappa shape index (κ2) is 8.89. The SMILES string of the molecule is Cc1cc(Br)ccc1C(=O)Nc1ccc(NC(=O)c2ccccc2F)cc1C(F)(F)F. The number of anilines is 2. The van der Waals surface area contributed by atoms with Crippen LogP contribution in [0.1, 0.15) is 31.8 Å². The number of aryl methyl sites for hydroxylation is 1. The van der Waals surface area contributed by atoms with Gasteiger partial charge in [0.2, 0.25) is 0 Å². The molecule has 0 fully saturated rings. The summed E-state index contributed by atoms with van der Waals surface area (Å²) in [5.41, 5.74) is -1.33. The Morgan fingerprint density at radius 2 is 1.55 bits per heavy atom. The average Bonchev–Trinajstić information content (AvgIpc) is 2.68. The Morgan fingerprint density at radius 3 is 2.19 bits per heavy atom. The third-order valence-electron chi connectivity index (χ3n) is 4.38. The van der Waals surface area contributed by atoms with Gasteiger partial charge < -0.3 is 10.6 Å². The molecule has 0 heterocycles.